The third-order valence-electron chi connectivity index (χ3n) is 1.79. The fourth-order valence-electron chi connectivity index (χ4n) is 1.20. The van der Waals surface area contributed by atoms with E-state index in [0.717, 1.165) is 5.69 Å². The molecular weight excluding hydrogens is 208 g/mol. The zero-order valence-corrected chi connectivity index (χ0v) is 10.4. The van der Waals surface area contributed by atoms with Crippen LogP contribution in [0.5, 0.6) is 0 Å². The summed E-state index contributed by atoms with van der Waals surface area (Å²) in [4.78, 5) is 15.5. The molecule has 0 aliphatic rings. The Labute approximate surface area is 95.2 Å². The van der Waals surface area contributed by atoms with Gasteiger partial charge in [-0.3, -0.25) is 0 Å². The fourth-order valence-corrected chi connectivity index (χ4v) is 1.20. The Hall–Kier alpha value is -1.52. The summed E-state index contributed by atoms with van der Waals surface area (Å²) in [6.45, 7) is 9.34. The molecule has 0 fully saturated rings. The highest BCUT2D eigenvalue weighted by molar-refractivity contribution is 5.67. The van der Waals surface area contributed by atoms with Gasteiger partial charge in [0.1, 0.15) is 11.4 Å². The molecule has 0 bridgehead atoms. The second-order valence-electron chi connectivity index (χ2n) is 4.60. The Morgan fingerprint density at radius 3 is 2.50 bits per heavy atom. The molecule has 0 saturated carbocycles. The van der Waals surface area contributed by atoms with Crippen molar-refractivity contribution in [3.63, 3.8) is 0 Å². The van der Waals surface area contributed by atoms with Gasteiger partial charge >= 0.3 is 6.09 Å². The standard InChI is InChI=1S/C11H18N2O3/c1-7-9(15-8(2)13-7)6-12-10(14)16-11(3,4)5/h6H2,1-5H3,(H,12,14). The summed E-state index contributed by atoms with van der Waals surface area (Å²) in [6.07, 6.45) is -0.457. The first kappa shape index (κ1) is 12.5. The molecule has 0 unspecified atom stereocenters. The van der Waals surface area contributed by atoms with Gasteiger partial charge in [0.2, 0.25) is 0 Å². The number of nitrogens with one attached hydrogen (secondary N) is 1. The minimum Gasteiger partial charge on any atom is -0.444 e. The summed E-state index contributed by atoms with van der Waals surface area (Å²) in [5, 5.41) is 2.61. The van der Waals surface area contributed by atoms with Crippen LogP contribution in [0.4, 0.5) is 4.79 Å². The Kier molecular flexibility index (Phi) is 3.57. The van der Waals surface area contributed by atoms with Crippen molar-refractivity contribution in [1.29, 1.82) is 0 Å². The van der Waals surface area contributed by atoms with Gasteiger partial charge in [-0.1, -0.05) is 0 Å². The van der Waals surface area contributed by atoms with E-state index in [1.54, 1.807) is 6.92 Å². The van der Waals surface area contributed by atoms with Gasteiger partial charge in [-0.05, 0) is 27.7 Å². The highest BCUT2D eigenvalue weighted by atomic mass is 16.6. The maximum atomic E-state index is 11.4. The zero-order valence-electron chi connectivity index (χ0n) is 10.4. The lowest BCUT2D eigenvalue weighted by atomic mass is 10.2. The summed E-state index contributed by atoms with van der Waals surface area (Å²) >= 11 is 0. The lowest BCUT2D eigenvalue weighted by molar-refractivity contribution is 0.0519. The number of aryl methyl sites for hydroxylation is 2. The number of hydrogen-bond acceptors (Lipinski definition) is 4. The van der Waals surface area contributed by atoms with Gasteiger partial charge in [0.05, 0.1) is 12.2 Å². The van der Waals surface area contributed by atoms with Crippen molar-refractivity contribution in [3.05, 3.63) is 17.3 Å². The number of rotatable bonds is 2. The third kappa shape index (κ3) is 3.92. The fraction of sp³-hybridized carbons (Fsp3) is 0.636. The number of carbonyl (C=O) groups excluding carboxylic acids is 1. The molecule has 0 aromatic carbocycles. The first-order valence-corrected chi connectivity index (χ1v) is 5.17. The number of amides is 1. The number of aromatic nitrogens is 1. The quantitative estimate of drug-likeness (QED) is 0.840. The van der Waals surface area contributed by atoms with Crippen molar-refractivity contribution in [1.82, 2.24) is 10.3 Å². The molecule has 1 N–H and O–H groups in total. The number of carbonyl (C=O) groups is 1. The summed E-state index contributed by atoms with van der Waals surface area (Å²) in [7, 11) is 0. The Balaban J connectivity index is 2.46. The molecule has 0 aliphatic heterocycles. The van der Waals surface area contributed by atoms with Crippen LogP contribution in [0.2, 0.25) is 0 Å². The average molecular weight is 226 g/mol. The number of nitrogens with zero attached hydrogens (tertiary/aromatic N) is 1. The van der Waals surface area contributed by atoms with Crippen LogP contribution < -0.4 is 5.32 Å². The van der Waals surface area contributed by atoms with E-state index in [4.69, 9.17) is 9.15 Å². The van der Waals surface area contributed by atoms with E-state index in [9.17, 15) is 4.79 Å². The number of ether oxygens (including phenoxy) is 1. The summed E-state index contributed by atoms with van der Waals surface area (Å²) in [6, 6.07) is 0. The summed E-state index contributed by atoms with van der Waals surface area (Å²) < 4.78 is 10.4. The van der Waals surface area contributed by atoms with E-state index in [-0.39, 0.29) is 0 Å². The van der Waals surface area contributed by atoms with Gasteiger partial charge in [0.25, 0.3) is 0 Å². The molecule has 0 radical (unpaired) electrons. The Bertz CT molecular complexity index is 377. The van der Waals surface area contributed by atoms with Crippen molar-refractivity contribution in [2.75, 3.05) is 0 Å². The van der Waals surface area contributed by atoms with Gasteiger partial charge in [-0.2, -0.15) is 0 Å². The second-order valence-corrected chi connectivity index (χ2v) is 4.60. The predicted octanol–water partition coefficient (Wildman–Crippen LogP) is 2.32. The highest BCUT2D eigenvalue weighted by Gasteiger charge is 2.16. The second kappa shape index (κ2) is 4.55. The first-order chi connectivity index (χ1) is 7.28. The molecule has 16 heavy (non-hydrogen) atoms. The molecule has 1 aromatic rings. The molecule has 0 atom stereocenters. The van der Waals surface area contributed by atoms with Gasteiger partial charge in [0.15, 0.2) is 5.89 Å². The SMILES string of the molecule is Cc1nc(C)c(CNC(=O)OC(C)(C)C)o1. The van der Waals surface area contributed by atoms with Crippen molar-refractivity contribution in [2.24, 2.45) is 0 Å². The van der Waals surface area contributed by atoms with Crippen molar-refractivity contribution in [2.45, 2.75) is 46.8 Å². The Morgan fingerprint density at radius 2 is 2.06 bits per heavy atom. The van der Waals surface area contributed by atoms with Crippen molar-refractivity contribution >= 4 is 6.09 Å². The van der Waals surface area contributed by atoms with E-state index < -0.39 is 11.7 Å². The number of alkyl carbamates (subject to hydrolysis) is 1. The molecule has 0 aliphatic carbocycles. The summed E-state index contributed by atoms with van der Waals surface area (Å²) in [5.74, 6) is 1.25. The minimum atomic E-state index is -0.490. The van der Waals surface area contributed by atoms with E-state index in [1.807, 2.05) is 27.7 Å². The van der Waals surface area contributed by atoms with E-state index in [1.165, 1.54) is 0 Å². The normalized spacial score (nSPS) is 11.3. The number of hydrogen-bond donors (Lipinski definition) is 1. The molecular formula is C11H18N2O3. The van der Waals surface area contributed by atoms with Crippen molar-refractivity contribution < 1.29 is 13.9 Å². The monoisotopic (exact) mass is 226 g/mol. The molecule has 90 valence electrons. The molecule has 1 aromatic heterocycles. The topological polar surface area (TPSA) is 64.4 Å². The predicted molar refractivity (Wildman–Crippen MR) is 59.1 cm³/mol. The molecule has 0 saturated heterocycles. The molecule has 1 rings (SSSR count). The maximum absolute atomic E-state index is 11.4. The maximum Gasteiger partial charge on any atom is 0.408 e. The lowest BCUT2D eigenvalue weighted by Gasteiger charge is -2.19. The Morgan fingerprint density at radius 1 is 1.44 bits per heavy atom. The lowest BCUT2D eigenvalue weighted by Crippen LogP contribution is -2.32. The zero-order chi connectivity index (χ0) is 12.3. The highest BCUT2D eigenvalue weighted by Crippen LogP contribution is 2.10. The smallest absolute Gasteiger partial charge is 0.408 e. The molecule has 1 amide bonds. The van der Waals surface area contributed by atoms with Crippen LogP contribution in [-0.4, -0.2) is 16.7 Å². The van der Waals surface area contributed by atoms with Crippen LogP contribution in [0.3, 0.4) is 0 Å². The van der Waals surface area contributed by atoms with Crippen molar-refractivity contribution in [3.8, 4) is 0 Å². The van der Waals surface area contributed by atoms with Gasteiger partial charge in [-0.15, -0.1) is 0 Å². The van der Waals surface area contributed by atoms with Crippen LogP contribution in [-0.2, 0) is 11.3 Å². The van der Waals surface area contributed by atoms with Crippen LogP contribution >= 0.6 is 0 Å². The van der Waals surface area contributed by atoms with E-state index in [0.29, 0.717) is 18.2 Å². The van der Waals surface area contributed by atoms with Crippen LogP contribution in [0.1, 0.15) is 38.1 Å². The van der Waals surface area contributed by atoms with E-state index in [2.05, 4.69) is 10.3 Å². The third-order valence-corrected chi connectivity index (χ3v) is 1.79. The molecule has 0 spiro atoms. The van der Waals surface area contributed by atoms with Gasteiger partial charge in [-0.25, -0.2) is 9.78 Å². The van der Waals surface area contributed by atoms with Crippen LogP contribution in [0.15, 0.2) is 4.42 Å². The molecule has 5 nitrogen and oxygen atoms in total. The largest absolute Gasteiger partial charge is 0.444 e. The van der Waals surface area contributed by atoms with Crippen LogP contribution in [0, 0.1) is 13.8 Å². The van der Waals surface area contributed by atoms with Crippen LogP contribution in [0.25, 0.3) is 0 Å². The summed E-state index contributed by atoms with van der Waals surface area (Å²) in [5.41, 5.74) is 0.296. The first-order valence-electron chi connectivity index (χ1n) is 5.17. The van der Waals surface area contributed by atoms with Gasteiger partial charge in [0, 0.05) is 6.92 Å². The molecule has 5 heteroatoms. The average Bonchev–Trinajstić information content (AvgIpc) is 2.38. The van der Waals surface area contributed by atoms with Gasteiger partial charge < -0.3 is 14.5 Å². The minimum absolute atomic E-state index is 0.293. The van der Waals surface area contributed by atoms with E-state index >= 15 is 0 Å². The number of oxazole rings is 1. The molecule has 1 heterocycles.